The van der Waals surface area contributed by atoms with E-state index in [0.29, 0.717) is 0 Å². The van der Waals surface area contributed by atoms with Gasteiger partial charge in [-0.15, -0.1) is 0 Å². The number of rotatable bonds is 10. The second-order valence-electron chi connectivity index (χ2n) is 6.21. The molecule has 0 aliphatic rings. The number of hydrogen-bond donors (Lipinski definition) is 0. The van der Waals surface area contributed by atoms with Gasteiger partial charge in [0, 0.05) is 25.0 Å². The fraction of sp³-hybridized carbons (Fsp3) is 0.500. The third-order valence-corrected chi connectivity index (χ3v) is 4.41. The Morgan fingerprint density at radius 1 is 0.826 bits per heavy atom. The molecule has 0 N–H and O–H groups in total. The zero-order valence-electron chi connectivity index (χ0n) is 15.5. The van der Waals surface area contributed by atoms with Gasteiger partial charge in [0.15, 0.2) is 11.9 Å². The van der Waals surface area contributed by atoms with Crippen molar-refractivity contribution in [2.45, 2.75) is 72.8 Å². The standard InChI is InChI=1S/C22H34N/c1-5-6-7-8-9-10-11-12-13-14-15-16-18-23-19-17-20(2)21(3)22(23)4/h5-6,9-10,13-14,17,19H,7-8,11-12,15-16,18H2,1-4H3/q+1. The van der Waals surface area contributed by atoms with E-state index >= 15 is 0 Å². The molecule has 0 unspecified atom stereocenters. The van der Waals surface area contributed by atoms with Crippen molar-refractivity contribution in [3.63, 3.8) is 0 Å². The molecule has 1 nitrogen and oxygen atoms in total. The van der Waals surface area contributed by atoms with Gasteiger partial charge in [0.1, 0.15) is 6.54 Å². The van der Waals surface area contributed by atoms with Gasteiger partial charge in [0.2, 0.25) is 0 Å². The summed E-state index contributed by atoms with van der Waals surface area (Å²) in [6.45, 7) is 9.81. The molecular formula is C22H34N+. The Morgan fingerprint density at radius 2 is 1.39 bits per heavy atom. The summed E-state index contributed by atoms with van der Waals surface area (Å²) in [4.78, 5) is 0. The molecule has 0 aliphatic carbocycles. The molecule has 0 amide bonds. The van der Waals surface area contributed by atoms with Crippen LogP contribution in [0.15, 0.2) is 48.7 Å². The number of aromatic nitrogens is 1. The fourth-order valence-electron chi connectivity index (χ4n) is 2.58. The summed E-state index contributed by atoms with van der Waals surface area (Å²) in [5.74, 6) is 0. The summed E-state index contributed by atoms with van der Waals surface area (Å²) in [7, 11) is 0. The van der Waals surface area contributed by atoms with E-state index in [9.17, 15) is 0 Å². The van der Waals surface area contributed by atoms with E-state index in [2.05, 4.69) is 81.0 Å². The van der Waals surface area contributed by atoms with E-state index in [1.54, 1.807) is 0 Å². The lowest BCUT2D eigenvalue weighted by atomic mass is 10.1. The number of unbranched alkanes of at least 4 members (excludes halogenated alkanes) is 3. The van der Waals surface area contributed by atoms with Gasteiger partial charge >= 0.3 is 0 Å². The van der Waals surface area contributed by atoms with Crippen LogP contribution in [0.25, 0.3) is 0 Å². The van der Waals surface area contributed by atoms with Crippen LogP contribution < -0.4 is 4.57 Å². The molecule has 0 spiro atoms. The van der Waals surface area contributed by atoms with Crippen molar-refractivity contribution < 1.29 is 4.57 Å². The number of hydrogen-bond acceptors (Lipinski definition) is 0. The van der Waals surface area contributed by atoms with Gasteiger partial charge in [-0.25, -0.2) is 4.57 Å². The molecule has 1 heterocycles. The highest BCUT2D eigenvalue weighted by Crippen LogP contribution is 2.07. The van der Waals surface area contributed by atoms with Crippen LogP contribution in [-0.4, -0.2) is 0 Å². The third-order valence-electron chi connectivity index (χ3n) is 4.41. The molecule has 0 atom stereocenters. The molecule has 23 heavy (non-hydrogen) atoms. The van der Waals surface area contributed by atoms with Crippen molar-refractivity contribution in [3.8, 4) is 0 Å². The van der Waals surface area contributed by atoms with Crippen LogP contribution in [0, 0.1) is 20.8 Å². The van der Waals surface area contributed by atoms with Gasteiger partial charge in [-0.3, -0.25) is 0 Å². The molecule has 126 valence electrons. The van der Waals surface area contributed by atoms with E-state index in [-0.39, 0.29) is 0 Å². The van der Waals surface area contributed by atoms with Gasteiger partial charge in [0.05, 0.1) is 0 Å². The molecule has 0 saturated heterocycles. The van der Waals surface area contributed by atoms with Crippen LogP contribution in [0.5, 0.6) is 0 Å². The molecule has 1 rings (SSSR count). The van der Waals surface area contributed by atoms with Crippen LogP contribution in [0.2, 0.25) is 0 Å². The van der Waals surface area contributed by atoms with E-state index in [1.807, 2.05) is 0 Å². The van der Waals surface area contributed by atoms with Gasteiger partial charge in [0.25, 0.3) is 0 Å². The smallest absolute Gasteiger partial charge is 0.181 e. The van der Waals surface area contributed by atoms with Gasteiger partial charge in [-0.2, -0.15) is 0 Å². The largest absolute Gasteiger partial charge is 0.202 e. The van der Waals surface area contributed by atoms with E-state index in [4.69, 9.17) is 0 Å². The molecule has 1 aromatic heterocycles. The Hall–Kier alpha value is -1.63. The predicted octanol–water partition coefficient (Wildman–Crippen LogP) is 5.93. The number of nitrogens with zero attached hydrogens (tertiary/aromatic N) is 1. The molecule has 0 saturated carbocycles. The second-order valence-corrected chi connectivity index (χ2v) is 6.21. The maximum Gasteiger partial charge on any atom is 0.181 e. The lowest BCUT2D eigenvalue weighted by Crippen LogP contribution is -2.37. The van der Waals surface area contributed by atoms with Crippen LogP contribution in [0.4, 0.5) is 0 Å². The highest BCUT2D eigenvalue weighted by Gasteiger charge is 2.09. The Balaban J connectivity index is 2.14. The molecule has 0 bridgehead atoms. The Labute approximate surface area is 143 Å². The van der Waals surface area contributed by atoms with E-state index in [0.717, 1.165) is 19.4 Å². The first-order valence-electron chi connectivity index (χ1n) is 9.04. The summed E-state index contributed by atoms with van der Waals surface area (Å²) < 4.78 is 2.38. The summed E-state index contributed by atoms with van der Waals surface area (Å²) in [5.41, 5.74) is 4.21. The first-order valence-corrected chi connectivity index (χ1v) is 9.04. The minimum absolute atomic E-state index is 1.11. The van der Waals surface area contributed by atoms with E-state index in [1.165, 1.54) is 42.5 Å². The third kappa shape index (κ3) is 7.97. The number of allylic oxidation sites excluding steroid dienone is 6. The van der Waals surface area contributed by atoms with Gasteiger partial charge in [-0.05, 0) is 58.4 Å². The quantitative estimate of drug-likeness (QED) is 0.286. The average Bonchev–Trinajstić information content (AvgIpc) is 2.55. The minimum atomic E-state index is 1.11. The molecule has 0 radical (unpaired) electrons. The zero-order valence-corrected chi connectivity index (χ0v) is 15.5. The van der Waals surface area contributed by atoms with Gasteiger partial charge in [-0.1, -0.05) is 36.5 Å². The molecular weight excluding hydrogens is 278 g/mol. The Morgan fingerprint density at radius 3 is 2.00 bits per heavy atom. The van der Waals surface area contributed by atoms with E-state index < -0.39 is 0 Å². The highest BCUT2D eigenvalue weighted by atomic mass is 14.9. The summed E-state index contributed by atoms with van der Waals surface area (Å²) >= 11 is 0. The Bertz CT molecular complexity index is 535. The zero-order chi connectivity index (χ0) is 16.9. The van der Waals surface area contributed by atoms with Gasteiger partial charge < -0.3 is 0 Å². The maximum atomic E-state index is 2.38. The van der Waals surface area contributed by atoms with Crippen molar-refractivity contribution in [2.24, 2.45) is 0 Å². The number of pyridine rings is 1. The molecule has 0 fully saturated rings. The summed E-state index contributed by atoms with van der Waals surface area (Å²) in [6.07, 6.45) is 22.9. The predicted molar refractivity (Wildman–Crippen MR) is 102 cm³/mol. The Kier molecular flexibility index (Phi) is 10.0. The lowest BCUT2D eigenvalue weighted by Gasteiger charge is -2.04. The minimum Gasteiger partial charge on any atom is -0.202 e. The summed E-state index contributed by atoms with van der Waals surface area (Å²) in [5, 5.41) is 0. The van der Waals surface area contributed by atoms with Crippen molar-refractivity contribution in [1.82, 2.24) is 0 Å². The SMILES string of the molecule is CC=CCCC=CCCC=CCCC[n+]1ccc(C)c(C)c1C. The first kappa shape index (κ1) is 19.4. The normalized spacial score (nSPS) is 12.2. The highest BCUT2D eigenvalue weighted by molar-refractivity contribution is 5.22. The lowest BCUT2D eigenvalue weighted by molar-refractivity contribution is -0.703. The summed E-state index contributed by atoms with van der Waals surface area (Å²) in [6, 6.07) is 2.22. The van der Waals surface area contributed by atoms with Crippen molar-refractivity contribution in [3.05, 3.63) is 65.5 Å². The van der Waals surface area contributed by atoms with Crippen molar-refractivity contribution >= 4 is 0 Å². The molecule has 0 aromatic carbocycles. The second kappa shape index (κ2) is 11.9. The van der Waals surface area contributed by atoms with Crippen LogP contribution in [0.3, 0.4) is 0 Å². The van der Waals surface area contributed by atoms with Crippen LogP contribution >= 0.6 is 0 Å². The monoisotopic (exact) mass is 312 g/mol. The molecule has 1 aromatic rings. The van der Waals surface area contributed by atoms with Crippen LogP contribution in [-0.2, 0) is 6.54 Å². The topological polar surface area (TPSA) is 3.88 Å². The first-order chi connectivity index (χ1) is 11.2. The van der Waals surface area contributed by atoms with Crippen molar-refractivity contribution in [1.29, 1.82) is 0 Å². The average molecular weight is 313 g/mol. The molecule has 0 aliphatic heterocycles. The van der Waals surface area contributed by atoms with Crippen molar-refractivity contribution in [2.75, 3.05) is 0 Å². The fourth-order valence-corrected chi connectivity index (χ4v) is 2.58. The van der Waals surface area contributed by atoms with Crippen LogP contribution in [0.1, 0.15) is 62.3 Å². The number of aryl methyl sites for hydroxylation is 2. The molecule has 1 heteroatoms. The maximum absolute atomic E-state index is 2.38.